The molecule has 2 nitrogen and oxygen atoms in total. The fourth-order valence-electron chi connectivity index (χ4n) is 2.50. The maximum atomic E-state index is 9.68. The maximum absolute atomic E-state index is 9.68. The Morgan fingerprint density at radius 3 is 2.94 bits per heavy atom. The molecule has 2 unspecified atom stereocenters. The van der Waals surface area contributed by atoms with Crippen molar-refractivity contribution in [1.82, 2.24) is 4.90 Å². The highest BCUT2D eigenvalue weighted by molar-refractivity contribution is 9.10. The number of nitrogens with zero attached hydrogens (tertiary/aromatic N) is 1. The molecule has 17 heavy (non-hydrogen) atoms. The molecule has 0 spiro atoms. The van der Waals surface area contributed by atoms with Crippen LogP contribution in [0.3, 0.4) is 0 Å². The van der Waals surface area contributed by atoms with Gasteiger partial charge in [0, 0.05) is 17.6 Å². The molecule has 1 aromatic carbocycles. The number of rotatable bonds is 3. The minimum Gasteiger partial charge on any atom is -0.393 e. The monoisotopic (exact) mass is 297 g/mol. The molecule has 1 aliphatic rings. The Bertz CT molecular complexity index is 367. The lowest BCUT2D eigenvalue weighted by Crippen LogP contribution is -2.39. The number of aliphatic hydroxyl groups excluding tert-OH is 1. The highest BCUT2D eigenvalue weighted by atomic mass is 79.9. The van der Waals surface area contributed by atoms with Crippen molar-refractivity contribution < 1.29 is 5.11 Å². The lowest BCUT2D eigenvalue weighted by atomic mass is 9.93. The first-order chi connectivity index (χ1) is 8.16. The van der Waals surface area contributed by atoms with Gasteiger partial charge in [0.05, 0.1) is 6.10 Å². The summed E-state index contributed by atoms with van der Waals surface area (Å²) in [5.74, 6) is 0.436. The van der Waals surface area contributed by atoms with Crippen molar-refractivity contribution >= 4 is 15.9 Å². The Hall–Kier alpha value is -0.380. The Morgan fingerprint density at radius 1 is 1.47 bits per heavy atom. The molecule has 0 saturated carbocycles. The van der Waals surface area contributed by atoms with Crippen LogP contribution < -0.4 is 0 Å². The Labute approximate surface area is 112 Å². The number of hydrogen-bond acceptors (Lipinski definition) is 2. The number of benzene rings is 1. The van der Waals surface area contributed by atoms with E-state index in [-0.39, 0.29) is 6.10 Å². The predicted octanol–water partition coefficient (Wildman–Crippen LogP) is 3.04. The van der Waals surface area contributed by atoms with Gasteiger partial charge in [0.25, 0.3) is 0 Å². The molecule has 0 amide bonds. The first-order valence-corrected chi connectivity index (χ1v) is 7.10. The second-order valence-electron chi connectivity index (χ2n) is 4.97. The summed E-state index contributed by atoms with van der Waals surface area (Å²) in [5, 5.41) is 9.68. The third kappa shape index (κ3) is 3.54. The van der Waals surface area contributed by atoms with Crippen LogP contribution >= 0.6 is 15.9 Å². The van der Waals surface area contributed by atoms with Gasteiger partial charge in [0.2, 0.25) is 0 Å². The molecule has 1 aliphatic heterocycles. The van der Waals surface area contributed by atoms with Crippen molar-refractivity contribution in [2.75, 3.05) is 13.1 Å². The summed E-state index contributed by atoms with van der Waals surface area (Å²) in [4.78, 5) is 2.45. The summed E-state index contributed by atoms with van der Waals surface area (Å²) in [6.07, 6.45) is 2.17. The lowest BCUT2D eigenvalue weighted by molar-refractivity contribution is 0.0598. The molecule has 3 heteroatoms. The quantitative estimate of drug-likeness (QED) is 0.927. The molecular formula is C14H20BrNO. The summed E-state index contributed by atoms with van der Waals surface area (Å²) < 4.78 is 1.18. The van der Waals surface area contributed by atoms with Gasteiger partial charge in [-0.25, -0.2) is 0 Å². The van der Waals surface area contributed by atoms with Crippen LogP contribution in [0.15, 0.2) is 28.7 Å². The zero-order chi connectivity index (χ0) is 12.3. The van der Waals surface area contributed by atoms with Gasteiger partial charge >= 0.3 is 0 Å². The van der Waals surface area contributed by atoms with E-state index in [0.717, 1.165) is 26.1 Å². The third-order valence-electron chi connectivity index (χ3n) is 3.58. The molecule has 0 aliphatic carbocycles. The van der Waals surface area contributed by atoms with Crippen LogP contribution in [0.4, 0.5) is 0 Å². The van der Waals surface area contributed by atoms with Gasteiger partial charge in [0.1, 0.15) is 0 Å². The second-order valence-corrected chi connectivity index (χ2v) is 5.82. The van der Waals surface area contributed by atoms with Crippen molar-refractivity contribution in [3.05, 3.63) is 34.3 Å². The summed E-state index contributed by atoms with van der Waals surface area (Å²) in [6.45, 7) is 5.04. The van der Waals surface area contributed by atoms with Crippen molar-refractivity contribution in [2.45, 2.75) is 32.4 Å². The van der Waals surface area contributed by atoms with Crippen LogP contribution in [0.25, 0.3) is 0 Å². The van der Waals surface area contributed by atoms with E-state index in [1.807, 2.05) is 13.0 Å². The molecule has 1 saturated heterocycles. The normalized spacial score (nSPS) is 23.6. The van der Waals surface area contributed by atoms with E-state index in [9.17, 15) is 5.11 Å². The topological polar surface area (TPSA) is 23.5 Å². The summed E-state index contributed by atoms with van der Waals surface area (Å²) >= 11 is 3.59. The van der Waals surface area contributed by atoms with Crippen molar-refractivity contribution in [1.29, 1.82) is 0 Å². The predicted molar refractivity (Wildman–Crippen MR) is 73.8 cm³/mol. The molecule has 1 aromatic rings. The Balaban J connectivity index is 1.97. The van der Waals surface area contributed by atoms with Crippen LogP contribution in [0.2, 0.25) is 0 Å². The lowest BCUT2D eigenvalue weighted by Gasteiger charge is -2.34. The highest BCUT2D eigenvalue weighted by Crippen LogP contribution is 2.23. The summed E-state index contributed by atoms with van der Waals surface area (Å²) in [7, 11) is 0. The highest BCUT2D eigenvalue weighted by Gasteiger charge is 2.23. The van der Waals surface area contributed by atoms with Crippen molar-refractivity contribution in [3.8, 4) is 0 Å². The molecular weight excluding hydrogens is 278 g/mol. The molecule has 94 valence electrons. The van der Waals surface area contributed by atoms with E-state index >= 15 is 0 Å². The molecule has 2 rings (SSSR count). The van der Waals surface area contributed by atoms with Crippen LogP contribution in [0.5, 0.6) is 0 Å². The second kappa shape index (κ2) is 5.98. The average Bonchev–Trinajstić information content (AvgIpc) is 2.32. The number of piperidine rings is 1. The van der Waals surface area contributed by atoms with Gasteiger partial charge in [-0.15, -0.1) is 0 Å². The van der Waals surface area contributed by atoms with Crippen molar-refractivity contribution in [2.24, 2.45) is 5.92 Å². The fourth-order valence-corrected chi connectivity index (χ4v) is 2.91. The van der Waals surface area contributed by atoms with Crippen molar-refractivity contribution in [3.63, 3.8) is 0 Å². The van der Waals surface area contributed by atoms with Gasteiger partial charge < -0.3 is 5.11 Å². The number of hydrogen-bond donors (Lipinski definition) is 1. The molecule has 1 heterocycles. The largest absolute Gasteiger partial charge is 0.393 e. The van der Waals surface area contributed by atoms with Gasteiger partial charge in [-0.2, -0.15) is 0 Å². The zero-order valence-electron chi connectivity index (χ0n) is 10.3. The van der Waals surface area contributed by atoms with Crippen LogP contribution in [-0.4, -0.2) is 29.2 Å². The molecule has 0 radical (unpaired) electrons. The van der Waals surface area contributed by atoms with E-state index in [2.05, 4.69) is 39.0 Å². The minimum absolute atomic E-state index is 0.183. The minimum atomic E-state index is -0.183. The molecule has 0 bridgehead atoms. The van der Waals surface area contributed by atoms with Crippen LogP contribution in [-0.2, 0) is 6.54 Å². The number of likely N-dealkylation sites (tertiary alicyclic amines) is 1. The number of halogens is 1. The average molecular weight is 298 g/mol. The maximum Gasteiger partial charge on any atom is 0.0552 e. The standard InChI is InChI=1S/C14H20BrNO/c1-11(17)12-6-4-8-16(9-12)10-13-5-2-3-7-14(13)15/h2-3,5,7,11-12,17H,4,6,8-10H2,1H3. The fraction of sp³-hybridized carbons (Fsp3) is 0.571. The van der Waals surface area contributed by atoms with Gasteiger partial charge in [-0.1, -0.05) is 34.1 Å². The van der Waals surface area contributed by atoms with Gasteiger partial charge in [-0.05, 0) is 43.9 Å². The first-order valence-electron chi connectivity index (χ1n) is 6.30. The molecule has 1 fully saturated rings. The number of aliphatic hydroxyl groups is 1. The zero-order valence-corrected chi connectivity index (χ0v) is 11.9. The van der Waals surface area contributed by atoms with Gasteiger partial charge in [-0.3, -0.25) is 4.90 Å². The van der Waals surface area contributed by atoms with Crippen LogP contribution in [0, 0.1) is 5.92 Å². The van der Waals surface area contributed by atoms with E-state index in [0.29, 0.717) is 5.92 Å². The molecule has 2 atom stereocenters. The Kier molecular flexibility index (Phi) is 4.60. The van der Waals surface area contributed by atoms with E-state index in [4.69, 9.17) is 0 Å². The Morgan fingerprint density at radius 2 is 2.24 bits per heavy atom. The SMILES string of the molecule is CC(O)C1CCCN(Cc2ccccc2Br)C1. The van der Waals surface area contributed by atoms with Crippen LogP contribution in [0.1, 0.15) is 25.3 Å². The van der Waals surface area contributed by atoms with E-state index in [1.54, 1.807) is 0 Å². The van der Waals surface area contributed by atoms with E-state index < -0.39 is 0 Å². The summed E-state index contributed by atoms with van der Waals surface area (Å²) in [6, 6.07) is 8.38. The smallest absolute Gasteiger partial charge is 0.0552 e. The molecule has 1 N–H and O–H groups in total. The summed E-state index contributed by atoms with van der Waals surface area (Å²) in [5.41, 5.74) is 1.33. The third-order valence-corrected chi connectivity index (χ3v) is 4.35. The first kappa shape index (κ1) is 13.1. The molecule has 0 aromatic heterocycles. The van der Waals surface area contributed by atoms with Gasteiger partial charge in [0.15, 0.2) is 0 Å². The van der Waals surface area contributed by atoms with E-state index in [1.165, 1.54) is 16.5 Å².